The fourth-order valence-electron chi connectivity index (χ4n) is 1.62. The highest BCUT2D eigenvalue weighted by Gasteiger charge is 2.00. The summed E-state index contributed by atoms with van der Waals surface area (Å²) < 4.78 is 1.37. The molecule has 0 saturated heterocycles. The van der Waals surface area contributed by atoms with Crippen molar-refractivity contribution in [2.24, 2.45) is 5.73 Å². The number of rotatable bonds is 4. The van der Waals surface area contributed by atoms with E-state index < -0.39 is 0 Å². The van der Waals surface area contributed by atoms with Crippen molar-refractivity contribution in [3.8, 4) is 0 Å². The minimum Gasteiger partial charge on any atom is -0.330 e. The maximum absolute atomic E-state index is 5.43. The molecular formula is C13H15NS. The Bertz CT molecular complexity index is 456. The monoisotopic (exact) mass is 217 g/mol. The van der Waals surface area contributed by atoms with Crippen molar-refractivity contribution in [3.05, 3.63) is 47.4 Å². The molecule has 78 valence electrons. The van der Waals surface area contributed by atoms with Gasteiger partial charge in [0, 0.05) is 4.70 Å². The Hall–Kier alpha value is -1.12. The van der Waals surface area contributed by atoms with Gasteiger partial charge in [0.2, 0.25) is 0 Å². The lowest BCUT2D eigenvalue weighted by Gasteiger charge is -1.93. The molecule has 0 aliphatic carbocycles. The summed E-state index contributed by atoms with van der Waals surface area (Å²) in [4.78, 5) is 0. The summed E-state index contributed by atoms with van der Waals surface area (Å²) in [5.74, 6) is 0. The minimum absolute atomic E-state index is 0.737. The largest absolute Gasteiger partial charge is 0.330 e. The van der Waals surface area contributed by atoms with Gasteiger partial charge in [-0.1, -0.05) is 30.4 Å². The van der Waals surface area contributed by atoms with E-state index in [9.17, 15) is 0 Å². The van der Waals surface area contributed by atoms with Crippen LogP contribution in [0, 0.1) is 0 Å². The van der Waals surface area contributed by atoms with Gasteiger partial charge in [-0.15, -0.1) is 11.3 Å². The summed E-state index contributed by atoms with van der Waals surface area (Å²) in [6.07, 6.45) is 6.36. The Kier molecular flexibility index (Phi) is 3.54. The summed E-state index contributed by atoms with van der Waals surface area (Å²) in [6, 6.07) is 8.56. The molecule has 0 aliphatic heterocycles. The standard InChI is InChI=1S/C13H15NS/c14-9-5-1-2-6-11-10-15-13-8-4-3-7-12(11)13/h1-4,7-8,10H,5-6,9,14H2. The first-order valence-electron chi connectivity index (χ1n) is 5.22. The van der Waals surface area contributed by atoms with Crippen LogP contribution in [0.25, 0.3) is 10.1 Å². The van der Waals surface area contributed by atoms with Crippen molar-refractivity contribution in [1.82, 2.24) is 0 Å². The lowest BCUT2D eigenvalue weighted by Crippen LogP contribution is -1.95. The predicted octanol–water partition coefficient (Wildman–Crippen LogP) is 3.35. The fourth-order valence-corrected chi connectivity index (χ4v) is 2.59. The van der Waals surface area contributed by atoms with E-state index in [-0.39, 0.29) is 0 Å². The molecule has 2 aromatic rings. The lowest BCUT2D eigenvalue weighted by molar-refractivity contribution is 1.00. The zero-order chi connectivity index (χ0) is 10.5. The lowest BCUT2D eigenvalue weighted by atomic mass is 10.1. The van der Waals surface area contributed by atoms with E-state index in [0.717, 1.165) is 19.4 Å². The third kappa shape index (κ3) is 2.46. The van der Waals surface area contributed by atoms with E-state index in [1.165, 1.54) is 15.6 Å². The summed E-state index contributed by atoms with van der Waals surface area (Å²) in [5.41, 5.74) is 6.85. The molecule has 1 aromatic heterocycles. The molecule has 0 spiro atoms. The molecule has 15 heavy (non-hydrogen) atoms. The second-order valence-corrected chi connectivity index (χ2v) is 4.42. The second-order valence-electron chi connectivity index (χ2n) is 3.51. The summed E-state index contributed by atoms with van der Waals surface area (Å²) in [5, 5.41) is 3.64. The zero-order valence-corrected chi connectivity index (χ0v) is 9.46. The zero-order valence-electron chi connectivity index (χ0n) is 8.65. The van der Waals surface area contributed by atoms with Crippen LogP contribution < -0.4 is 5.73 Å². The van der Waals surface area contributed by atoms with Crippen LogP contribution in [-0.4, -0.2) is 6.54 Å². The average molecular weight is 217 g/mol. The van der Waals surface area contributed by atoms with E-state index in [1.807, 2.05) is 11.3 Å². The minimum atomic E-state index is 0.737. The molecular weight excluding hydrogens is 202 g/mol. The molecule has 2 N–H and O–H groups in total. The van der Waals surface area contributed by atoms with E-state index >= 15 is 0 Å². The Morgan fingerprint density at radius 1 is 1.20 bits per heavy atom. The van der Waals surface area contributed by atoms with Gasteiger partial charge < -0.3 is 5.73 Å². The smallest absolute Gasteiger partial charge is 0.0345 e. The van der Waals surface area contributed by atoms with Gasteiger partial charge in [0.05, 0.1) is 0 Å². The van der Waals surface area contributed by atoms with E-state index in [1.54, 1.807) is 0 Å². The molecule has 0 unspecified atom stereocenters. The van der Waals surface area contributed by atoms with E-state index in [4.69, 9.17) is 5.73 Å². The van der Waals surface area contributed by atoms with Crippen molar-refractivity contribution in [2.45, 2.75) is 12.8 Å². The Labute approximate surface area is 94.2 Å². The van der Waals surface area contributed by atoms with Gasteiger partial charge in [-0.2, -0.15) is 0 Å². The maximum Gasteiger partial charge on any atom is 0.0345 e. The molecule has 1 nitrogen and oxygen atoms in total. The van der Waals surface area contributed by atoms with Gasteiger partial charge in [0.15, 0.2) is 0 Å². The maximum atomic E-state index is 5.43. The van der Waals surface area contributed by atoms with Crippen LogP contribution in [0.4, 0.5) is 0 Å². The highest BCUT2D eigenvalue weighted by molar-refractivity contribution is 7.17. The van der Waals surface area contributed by atoms with Crippen LogP contribution in [0.15, 0.2) is 41.8 Å². The second kappa shape index (κ2) is 5.10. The third-order valence-electron chi connectivity index (χ3n) is 2.40. The van der Waals surface area contributed by atoms with Crippen molar-refractivity contribution in [3.63, 3.8) is 0 Å². The van der Waals surface area contributed by atoms with E-state index in [2.05, 4.69) is 41.8 Å². The molecule has 1 aromatic carbocycles. The Balaban J connectivity index is 2.14. The first-order chi connectivity index (χ1) is 7.42. The van der Waals surface area contributed by atoms with Gasteiger partial charge in [0.25, 0.3) is 0 Å². The quantitative estimate of drug-likeness (QED) is 0.781. The first-order valence-corrected chi connectivity index (χ1v) is 6.10. The van der Waals surface area contributed by atoms with Gasteiger partial charge in [-0.05, 0) is 41.8 Å². The van der Waals surface area contributed by atoms with Gasteiger partial charge in [-0.3, -0.25) is 0 Å². The number of benzene rings is 1. The Morgan fingerprint density at radius 2 is 2.07 bits per heavy atom. The highest BCUT2D eigenvalue weighted by atomic mass is 32.1. The molecule has 1 heterocycles. The fraction of sp³-hybridized carbons (Fsp3) is 0.231. The number of allylic oxidation sites excluding steroid dienone is 1. The van der Waals surface area contributed by atoms with Crippen LogP contribution >= 0.6 is 11.3 Å². The Morgan fingerprint density at radius 3 is 2.93 bits per heavy atom. The van der Waals surface area contributed by atoms with Crippen LogP contribution in [-0.2, 0) is 6.42 Å². The van der Waals surface area contributed by atoms with Crippen LogP contribution in [0.3, 0.4) is 0 Å². The number of nitrogens with two attached hydrogens (primary N) is 1. The number of thiophene rings is 1. The third-order valence-corrected chi connectivity index (χ3v) is 3.41. The van der Waals surface area contributed by atoms with Crippen LogP contribution in [0.1, 0.15) is 12.0 Å². The number of fused-ring (bicyclic) bond motifs is 1. The van der Waals surface area contributed by atoms with Crippen molar-refractivity contribution in [2.75, 3.05) is 6.54 Å². The van der Waals surface area contributed by atoms with Crippen LogP contribution in [0.2, 0.25) is 0 Å². The summed E-state index contributed by atoms with van der Waals surface area (Å²) in [7, 11) is 0. The van der Waals surface area contributed by atoms with Gasteiger partial charge in [0.1, 0.15) is 0 Å². The number of hydrogen-bond acceptors (Lipinski definition) is 2. The highest BCUT2D eigenvalue weighted by Crippen LogP contribution is 2.25. The van der Waals surface area contributed by atoms with Crippen molar-refractivity contribution in [1.29, 1.82) is 0 Å². The molecule has 2 rings (SSSR count). The summed E-state index contributed by atoms with van der Waals surface area (Å²) in [6.45, 7) is 0.737. The van der Waals surface area contributed by atoms with Crippen LogP contribution in [0.5, 0.6) is 0 Å². The van der Waals surface area contributed by atoms with Gasteiger partial charge >= 0.3 is 0 Å². The molecule has 0 amide bonds. The predicted molar refractivity (Wildman–Crippen MR) is 68.3 cm³/mol. The molecule has 2 heteroatoms. The van der Waals surface area contributed by atoms with E-state index in [0.29, 0.717) is 0 Å². The van der Waals surface area contributed by atoms with Crippen molar-refractivity contribution < 1.29 is 0 Å². The summed E-state index contributed by atoms with van der Waals surface area (Å²) >= 11 is 1.82. The molecule has 0 fully saturated rings. The molecule has 0 atom stereocenters. The average Bonchev–Trinajstić information content (AvgIpc) is 2.68. The van der Waals surface area contributed by atoms with Gasteiger partial charge in [-0.25, -0.2) is 0 Å². The molecule has 0 bridgehead atoms. The molecule has 0 saturated carbocycles. The molecule has 0 aliphatic rings. The molecule has 0 radical (unpaired) electrons. The topological polar surface area (TPSA) is 26.0 Å². The number of hydrogen-bond donors (Lipinski definition) is 1. The normalized spacial score (nSPS) is 11.5. The SMILES string of the molecule is NCCC=CCc1csc2ccccc12. The van der Waals surface area contributed by atoms with Crippen molar-refractivity contribution >= 4 is 21.4 Å². The first kappa shape index (κ1) is 10.4.